The first-order valence-corrected chi connectivity index (χ1v) is 7.45. The Morgan fingerprint density at radius 1 is 1.44 bits per heavy atom. The number of aryl methyl sites for hydroxylation is 1. The van der Waals surface area contributed by atoms with E-state index in [-0.39, 0.29) is 10.6 Å². The van der Waals surface area contributed by atoms with Gasteiger partial charge in [0.2, 0.25) is 0 Å². The van der Waals surface area contributed by atoms with E-state index in [1.807, 2.05) is 24.8 Å². The third-order valence-corrected chi connectivity index (χ3v) is 4.61. The van der Waals surface area contributed by atoms with Gasteiger partial charge in [0, 0.05) is 17.4 Å². The Morgan fingerprint density at radius 2 is 2.22 bits per heavy atom. The SMILES string of the molecule is CSC1CCCC1Nc1cc(C)ccc1[N+](=O)[O-]. The lowest BCUT2D eigenvalue weighted by atomic mass is 10.1. The van der Waals surface area contributed by atoms with Gasteiger partial charge in [-0.15, -0.1) is 0 Å². The third kappa shape index (κ3) is 2.77. The van der Waals surface area contributed by atoms with Crippen molar-refractivity contribution >= 4 is 23.1 Å². The number of nitrogens with one attached hydrogen (secondary N) is 1. The number of thioether (sulfide) groups is 1. The summed E-state index contributed by atoms with van der Waals surface area (Å²) >= 11 is 1.85. The molecule has 1 aliphatic carbocycles. The standard InChI is InChI=1S/C13H18N2O2S/c1-9-6-7-12(15(16)17)11(8-9)14-10-4-3-5-13(10)18-2/h6-8,10,13-14H,3-5H2,1-2H3. The van der Waals surface area contributed by atoms with Crippen LogP contribution in [0.2, 0.25) is 0 Å². The fourth-order valence-electron chi connectivity index (χ4n) is 2.50. The summed E-state index contributed by atoms with van der Waals surface area (Å²) in [6.07, 6.45) is 5.59. The van der Waals surface area contributed by atoms with Gasteiger partial charge >= 0.3 is 0 Å². The van der Waals surface area contributed by atoms with E-state index in [1.54, 1.807) is 12.1 Å². The second-order valence-electron chi connectivity index (χ2n) is 4.73. The van der Waals surface area contributed by atoms with Gasteiger partial charge < -0.3 is 5.32 Å². The van der Waals surface area contributed by atoms with Gasteiger partial charge in [0.25, 0.3) is 5.69 Å². The Hall–Kier alpha value is -1.23. The molecule has 0 amide bonds. The van der Waals surface area contributed by atoms with Crippen molar-refractivity contribution < 1.29 is 4.92 Å². The maximum absolute atomic E-state index is 11.0. The van der Waals surface area contributed by atoms with E-state index in [0.29, 0.717) is 17.0 Å². The highest BCUT2D eigenvalue weighted by Crippen LogP contribution is 2.33. The van der Waals surface area contributed by atoms with Crippen molar-refractivity contribution in [3.8, 4) is 0 Å². The zero-order valence-electron chi connectivity index (χ0n) is 10.7. The van der Waals surface area contributed by atoms with Crippen molar-refractivity contribution in [2.45, 2.75) is 37.5 Å². The summed E-state index contributed by atoms with van der Waals surface area (Å²) in [7, 11) is 0. The first kappa shape index (κ1) is 13.2. The average Bonchev–Trinajstić information content (AvgIpc) is 2.76. The minimum absolute atomic E-state index is 0.173. The van der Waals surface area contributed by atoms with E-state index in [2.05, 4.69) is 11.6 Å². The molecule has 0 saturated heterocycles. The van der Waals surface area contributed by atoms with Gasteiger partial charge in [0.05, 0.1) is 4.92 Å². The number of nitrogens with zero attached hydrogens (tertiary/aromatic N) is 1. The van der Waals surface area contributed by atoms with Crippen LogP contribution in [0.15, 0.2) is 18.2 Å². The van der Waals surface area contributed by atoms with Gasteiger partial charge in [-0.1, -0.05) is 12.5 Å². The molecule has 1 aromatic carbocycles. The van der Waals surface area contributed by atoms with Gasteiger partial charge in [-0.05, 0) is 37.7 Å². The number of nitro benzene ring substituents is 1. The predicted octanol–water partition coefficient (Wildman–Crippen LogP) is 3.60. The lowest BCUT2D eigenvalue weighted by Gasteiger charge is -2.20. The van der Waals surface area contributed by atoms with E-state index >= 15 is 0 Å². The van der Waals surface area contributed by atoms with Crippen LogP contribution in [-0.4, -0.2) is 22.5 Å². The summed E-state index contributed by atoms with van der Waals surface area (Å²) < 4.78 is 0. The highest BCUT2D eigenvalue weighted by atomic mass is 32.2. The van der Waals surface area contributed by atoms with Crippen LogP contribution in [0, 0.1) is 17.0 Å². The predicted molar refractivity (Wildman–Crippen MR) is 76.4 cm³/mol. The van der Waals surface area contributed by atoms with E-state index in [1.165, 1.54) is 12.8 Å². The van der Waals surface area contributed by atoms with Crippen LogP contribution in [-0.2, 0) is 0 Å². The molecule has 4 nitrogen and oxygen atoms in total. The third-order valence-electron chi connectivity index (χ3n) is 3.44. The van der Waals surface area contributed by atoms with Crippen LogP contribution in [0.5, 0.6) is 0 Å². The molecule has 1 saturated carbocycles. The van der Waals surface area contributed by atoms with Crippen LogP contribution in [0.3, 0.4) is 0 Å². The molecule has 2 atom stereocenters. The molecule has 1 N–H and O–H groups in total. The summed E-state index contributed by atoms with van der Waals surface area (Å²) in [5.74, 6) is 0. The quantitative estimate of drug-likeness (QED) is 0.668. The largest absolute Gasteiger partial charge is 0.376 e. The first-order valence-electron chi connectivity index (χ1n) is 6.16. The molecule has 0 aromatic heterocycles. The number of anilines is 1. The smallest absolute Gasteiger partial charge is 0.292 e. The zero-order valence-corrected chi connectivity index (χ0v) is 11.5. The van der Waals surface area contributed by atoms with E-state index in [4.69, 9.17) is 0 Å². The molecule has 0 aliphatic heterocycles. The lowest BCUT2D eigenvalue weighted by Crippen LogP contribution is -2.26. The summed E-state index contributed by atoms with van der Waals surface area (Å²) in [5, 5.41) is 14.9. The minimum atomic E-state index is -0.315. The van der Waals surface area contributed by atoms with Crippen molar-refractivity contribution in [2.24, 2.45) is 0 Å². The average molecular weight is 266 g/mol. The zero-order chi connectivity index (χ0) is 13.1. The highest BCUT2D eigenvalue weighted by molar-refractivity contribution is 7.99. The normalized spacial score (nSPS) is 23.0. The molecule has 5 heteroatoms. The maximum Gasteiger partial charge on any atom is 0.292 e. The minimum Gasteiger partial charge on any atom is -0.376 e. The van der Waals surface area contributed by atoms with Crippen LogP contribution in [0.1, 0.15) is 24.8 Å². The molecule has 2 unspecified atom stereocenters. The number of benzene rings is 1. The molecular formula is C13H18N2O2S. The molecule has 2 rings (SSSR count). The number of nitro groups is 1. The Balaban J connectivity index is 2.22. The second-order valence-corrected chi connectivity index (χ2v) is 5.81. The van der Waals surface area contributed by atoms with Gasteiger partial charge in [-0.2, -0.15) is 11.8 Å². The molecule has 1 fully saturated rings. The second kappa shape index (κ2) is 5.61. The molecule has 0 bridgehead atoms. The monoisotopic (exact) mass is 266 g/mol. The number of rotatable bonds is 4. The summed E-state index contributed by atoms with van der Waals surface area (Å²) in [4.78, 5) is 10.7. The summed E-state index contributed by atoms with van der Waals surface area (Å²) in [6.45, 7) is 1.95. The Bertz CT molecular complexity index is 451. The van der Waals surface area contributed by atoms with Crippen LogP contribution < -0.4 is 5.32 Å². The number of hydrogen-bond donors (Lipinski definition) is 1. The number of hydrogen-bond acceptors (Lipinski definition) is 4. The van der Waals surface area contributed by atoms with Crippen molar-refractivity contribution in [1.82, 2.24) is 0 Å². The Kier molecular flexibility index (Phi) is 4.11. The van der Waals surface area contributed by atoms with Crippen molar-refractivity contribution in [2.75, 3.05) is 11.6 Å². The van der Waals surface area contributed by atoms with Crippen molar-refractivity contribution in [3.63, 3.8) is 0 Å². The molecule has 98 valence electrons. The molecule has 18 heavy (non-hydrogen) atoms. The van der Waals surface area contributed by atoms with Crippen LogP contribution >= 0.6 is 11.8 Å². The van der Waals surface area contributed by atoms with Gasteiger partial charge in [-0.3, -0.25) is 10.1 Å². The fourth-order valence-corrected chi connectivity index (χ4v) is 3.43. The topological polar surface area (TPSA) is 55.2 Å². The molecule has 0 heterocycles. The van der Waals surface area contributed by atoms with E-state index < -0.39 is 0 Å². The van der Waals surface area contributed by atoms with Gasteiger partial charge in [-0.25, -0.2) is 0 Å². The van der Waals surface area contributed by atoms with Gasteiger partial charge in [0.1, 0.15) is 5.69 Å². The molecule has 1 aliphatic rings. The van der Waals surface area contributed by atoms with E-state index in [9.17, 15) is 10.1 Å². The van der Waals surface area contributed by atoms with Crippen molar-refractivity contribution in [3.05, 3.63) is 33.9 Å². The first-order chi connectivity index (χ1) is 8.61. The van der Waals surface area contributed by atoms with Gasteiger partial charge in [0.15, 0.2) is 0 Å². The Morgan fingerprint density at radius 3 is 2.89 bits per heavy atom. The maximum atomic E-state index is 11.0. The molecule has 0 spiro atoms. The molecule has 1 aromatic rings. The van der Waals surface area contributed by atoms with Crippen LogP contribution in [0.4, 0.5) is 11.4 Å². The molecule has 0 radical (unpaired) electrons. The molecular weight excluding hydrogens is 248 g/mol. The van der Waals surface area contributed by atoms with E-state index in [0.717, 1.165) is 12.0 Å². The van der Waals surface area contributed by atoms with Crippen molar-refractivity contribution in [1.29, 1.82) is 0 Å². The Labute approximate surface area is 111 Å². The highest BCUT2D eigenvalue weighted by Gasteiger charge is 2.28. The lowest BCUT2D eigenvalue weighted by molar-refractivity contribution is -0.384. The summed E-state index contributed by atoms with van der Waals surface area (Å²) in [5.41, 5.74) is 1.88. The van der Waals surface area contributed by atoms with Crippen LogP contribution in [0.25, 0.3) is 0 Å². The summed E-state index contributed by atoms with van der Waals surface area (Å²) in [6, 6.07) is 5.58. The fraction of sp³-hybridized carbons (Fsp3) is 0.538.